The number of benzene rings is 2. The van der Waals surface area contributed by atoms with Crippen molar-refractivity contribution in [3.63, 3.8) is 0 Å². The average Bonchev–Trinajstić information content (AvgIpc) is 3.04. The molecule has 28 heavy (non-hydrogen) atoms. The standard InChI is InChI=1S/C20H22ClN3O4/c1-12-4-5-13(21)8-16(12)23-20(26)22-14-9-19(25)24(11-14)15-6-7-17(27-2)18(10-15)28-3/h4-8,10,14H,9,11H2,1-3H3,(H2,22,23,26). The number of urea groups is 1. The number of carbonyl (C=O) groups is 2. The maximum atomic E-state index is 12.4. The van der Waals surface area contributed by atoms with Crippen LogP contribution < -0.4 is 25.0 Å². The van der Waals surface area contributed by atoms with Crippen molar-refractivity contribution in [1.82, 2.24) is 5.32 Å². The summed E-state index contributed by atoms with van der Waals surface area (Å²) in [5, 5.41) is 6.16. The molecular formula is C20H22ClN3O4. The molecule has 3 rings (SSSR count). The summed E-state index contributed by atoms with van der Waals surface area (Å²) in [5.41, 5.74) is 2.22. The predicted molar refractivity (Wildman–Crippen MR) is 109 cm³/mol. The molecule has 1 fully saturated rings. The lowest BCUT2D eigenvalue weighted by Gasteiger charge is -2.19. The maximum Gasteiger partial charge on any atom is 0.319 e. The minimum Gasteiger partial charge on any atom is -0.493 e. The van der Waals surface area contributed by atoms with Gasteiger partial charge in [0.2, 0.25) is 5.91 Å². The highest BCUT2D eigenvalue weighted by Gasteiger charge is 2.32. The van der Waals surface area contributed by atoms with Gasteiger partial charge in [-0.15, -0.1) is 0 Å². The molecule has 2 N–H and O–H groups in total. The number of anilines is 2. The first-order chi connectivity index (χ1) is 13.4. The van der Waals surface area contributed by atoms with Gasteiger partial charge in [-0.25, -0.2) is 4.79 Å². The molecule has 1 heterocycles. The van der Waals surface area contributed by atoms with Gasteiger partial charge in [-0.2, -0.15) is 0 Å². The summed E-state index contributed by atoms with van der Waals surface area (Å²) in [4.78, 5) is 26.4. The lowest BCUT2D eigenvalue weighted by atomic mass is 10.2. The highest BCUT2D eigenvalue weighted by atomic mass is 35.5. The molecule has 0 saturated carbocycles. The summed E-state index contributed by atoms with van der Waals surface area (Å²) in [7, 11) is 3.10. The van der Waals surface area contributed by atoms with E-state index in [1.807, 2.05) is 13.0 Å². The Balaban J connectivity index is 1.66. The van der Waals surface area contributed by atoms with Crippen LogP contribution in [0.5, 0.6) is 11.5 Å². The fraction of sp³-hybridized carbons (Fsp3) is 0.300. The summed E-state index contributed by atoms with van der Waals surface area (Å²) in [6, 6.07) is 9.87. The third-order valence-electron chi connectivity index (χ3n) is 4.59. The number of amides is 3. The van der Waals surface area contributed by atoms with Gasteiger partial charge in [-0.3, -0.25) is 4.79 Å². The van der Waals surface area contributed by atoms with E-state index in [4.69, 9.17) is 21.1 Å². The molecule has 2 aromatic carbocycles. The highest BCUT2D eigenvalue weighted by Crippen LogP contribution is 2.33. The monoisotopic (exact) mass is 403 g/mol. The van der Waals surface area contributed by atoms with E-state index in [0.717, 1.165) is 5.56 Å². The van der Waals surface area contributed by atoms with Gasteiger partial charge in [-0.05, 0) is 36.8 Å². The largest absolute Gasteiger partial charge is 0.493 e. The van der Waals surface area contributed by atoms with E-state index >= 15 is 0 Å². The van der Waals surface area contributed by atoms with E-state index in [1.165, 1.54) is 0 Å². The summed E-state index contributed by atoms with van der Waals surface area (Å²) in [5.74, 6) is 1.05. The molecule has 0 bridgehead atoms. The second kappa shape index (κ2) is 8.39. The number of hydrogen-bond acceptors (Lipinski definition) is 4. The van der Waals surface area contributed by atoms with Crippen LogP contribution in [0, 0.1) is 6.92 Å². The number of rotatable bonds is 5. The smallest absolute Gasteiger partial charge is 0.319 e. The minimum atomic E-state index is -0.377. The highest BCUT2D eigenvalue weighted by molar-refractivity contribution is 6.31. The van der Waals surface area contributed by atoms with E-state index in [2.05, 4.69) is 10.6 Å². The van der Waals surface area contributed by atoms with Crippen LogP contribution >= 0.6 is 11.6 Å². The van der Waals surface area contributed by atoms with Crippen molar-refractivity contribution in [1.29, 1.82) is 0 Å². The number of ether oxygens (including phenoxy) is 2. The van der Waals surface area contributed by atoms with Gasteiger partial charge in [0.1, 0.15) is 0 Å². The third-order valence-corrected chi connectivity index (χ3v) is 4.82. The van der Waals surface area contributed by atoms with Gasteiger partial charge < -0.3 is 25.0 Å². The number of aryl methyl sites for hydroxylation is 1. The first-order valence-corrected chi connectivity index (χ1v) is 9.15. The molecule has 8 heteroatoms. The second-order valence-corrected chi connectivity index (χ2v) is 6.94. The molecule has 0 aliphatic carbocycles. The normalized spacial score (nSPS) is 16.1. The first-order valence-electron chi connectivity index (χ1n) is 8.77. The van der Waals surface area contributed by atoms with Crippen LogP contribution in [0.1, 0.15) is 12.0 Å². The Hall–Kier alpha value is -2.93. The van der Waals surface area contributed by atoms with E-state index in [0.29, 0.717) is 34.4 Å². The van der Waals surface area contributed by atoms with Crippen molar-refractivity contribution in [3.05, 3.63) is 47.0 Å². The van der Waals surface area contributed by atoms with Gasteiger partial charge in [0.05, 0.1) is 20.3 Å². The Morgan fingerprint density at radius 3 is 2.61 bits per heavy atom. The molecule has 1 atom stereocenters. The molecule has 7 nitrogen and oxygen atoms in total. The zero-order valence-corrected chi connectivity index (χ0v) is 16.7. The van der Waals surface area contributed by atoms with Gasteiger partial charge in [0.25, 0.3) is 0 Å². The number of carbonyl (C=O) groups excluding carboxylic acids is 2. The van der Waals surface area contributed by atoms with Crippen LogP contribution in [0.2, 0.25) is 5.02 Å². The molecule has 3 amide bonds. The van der Waals surface area contributed by atoms with Crippen LogP contribution in [0.3, 0.4) is 0 Å². The molecule has 1 unspecified atom stereocenters. The number of hydrogen-bond donors (Lipinski definition) is 2. The van der Waals surface area contributed by atoms with Crippen molar-refractivity contribution in [2.45, 2.75) is 19.4 Å². The Morgan fingerprint density at radius 2 is 1.89 bits per heavy atom. The van der Waals surface area contributed by atoms with Crippen molar-refractivity contribution < 1.29 is 19.1 Å². The minimum absolute atomic E-state index is 0.0727. The fourth-order valence-corrected chi connectivity index (χ4v) is 3.29. The van der Waals surface area contributed by atoms with E-state index in [9.17, 15) is 9.59 Å². The quantitative estimate of drug-likeness (QED) is 0.799. The summed E-state index contributed by atoms with van der Waals surface area (Å²) >= 11 is 5.98. The van der Waals surface area contributed by atoms with Crippen LogP contribution in [-0.2, 0) is 4.79 Å². The summed E-state index contributed by atoms with van der Waals surface area (Å²) in [6.07, 6.45) is 0.219. The molecule has 1 aliphatic heterocycles. The van der Waals surface area contributed by atoms with Crippen LogP contribution in [0.15, 0.2) is 36.4 Å². The average molecular weight is 404 g/mol. The lowest BCUT2D eigenvalue weighted by Crippen LogP contribution is -2.39. The number of methoxy groups -OCH3 is 2. The predicted octanol–water partition coefficient (Wildman–Crippen LogP) is 3.59. The molecule has 148 valence electrons. The molecule has 2 aromatic rings. The maximum absolute atomic E-state index is 12.4. The van der Waals surface area contributed by atoms with Crippen molar-refractivity contribution >= 4 is 34.9 Å². The third kappa shape index (κ3) is 4.31. The molecular weight excluding hydrogens is 382 g/mol. The topological polar surface area (TPSA) is 79.9 Å². The van der Waals surface area contributed by atoms with Crippen LogP contribution in [0.25, 0.3) is 0 Å². The SMILES string of the molecule is COc1ccc(N2CC(NC(=O)Nc3cc(Cl)ccc3C)CC2=O)cc1OC. The van der Waals surface area contributed by atoms with E-state index in [-0.39, 0.29) is 24.4 Å². The molecule has 0 aromatic heterocycles. The van der Waals surface area contributed by atoms with Crippen LogP contribution in [-0.4, -0.2) is 38.7 Å². The zero-order chi connectivity index (χ0) is 20.3. The molecule has 0 radical (unpaired) electrons. The van der Waals surface area contributed by atoms with Crippen molar-refractivity contribution in [2.24, 2.45) is 0 Å². The number of nitrogens with zero attached hydrogens (tertiary/aromatic N) is 1. The van der Waals surface area contributed by atoms with E-state index in [1.54, 1.807) is 49.5 Å². The summed E-state index contributed by atoms with van der Waals surface area (Å²) in [6.45, 7) is 2.25. The summed E-state index contributed by atoms with van der Waals surface area (Å²) < 4.78 is 10.5. The Bertz CT molecular complexity index is 903. The second-order valence-electron chi connectivity index (χ2n) is 6.50. The molecule has 1 saturated heterocycles. The Labute approximate surface area is 168 Å². The molecule has 0 spiro atoms. The Morgan fingerprint density at radius 1 is 1.14 bits per heavy atom. The van der Waals surface area contributed by atoms with Gasteiger partial charge >= 0.3 is 6.03 Å². The lowest BCUT2D eigenvalue weighted by molar-refractivity contribution is -0.117. The zero-order valence-electron chi connectivity index (χ0n) is 15.9. The number of halogens is 1. The molecule has 1 aliphatic rings. The van der Waals surface area contributed by atoms with Gasteiger partial charge in [0.15, 0.2) is 11.5 Å². The fourth-order valence-electron chi connectivity index (χ4n) is 3.12. The van der Waals surface area contributed by atoms with Gasteiger partial charge in [0, 0.05) is 35.4 Å². The van der Waals surface area contributed by atoms with Crippen molar-refractivity contribution in [2.75, 3.05) is 31.0 Å². The van der Waals surface area contributed by atoms with E-state index < -0.39 is 0 Å². The van der Waals surface area contributed by atoms with Crippen molar-refractivity contribution in [3.8, 4) is 11.5 Å². The first kappa shape index (κ1) is 19.8. The number of nitrogens with one attached hydrogen (secondary N) is 2. The Kier molecular flexibility index (Phi) is 5.94. The van der Waals surface area contributed by atoms with Gasteiger partial charge in [-0.1, -0.05) is 17.7 Å². The van der Waals surface area contributed by atoms with Crippen LogP contribution in [0.4, 0.5) is 16.2 Å².